The van der Waals surface area contributed by atoms with E-state index >= 15 is 0 Å². The highest BCUT2D eigenvalue weighted by Crippen LogP contribution is 2.19. The number of carbonyl (C=O) groups is 1. The topological polar surface area (TPSA) is 52.6 Å². The Kier molecular flexibility index (Phi) is 3.82. The first-order chi connectivity index (χ1) is 7.66. The Morgan fingerprint density at radius 1 is 1.50 bits per heavy atom. The number of β-amino-alcohol motifs (C(OH)–C–C–N with tert-alkyl or cyclic N) is 1. The molecule has 2 N–H and O–H groups in total. The molecule has 0 aromatic rings. The Morgan fingerprint density at radius 2 is 2.31 bits per heavy atom. The molecule has 2 fully saturated rings. The summed E-state index contributed by atoms with van der Waals surface area (Å²) in [4.78, 5) is 13.8. The van der Waals surface area contributed by atoms with Crippen LogP contribution in [0.2, 0.25) is 0 Å². The molecule has 4 heteroatoms. The third kappa shape index (κ3) is 2.74. The number of likely N-dealkylation sites (tertiary alicyclic amines) is 1. The van der Waals surface area contributed by atoms with E-state index < -0.39 is 0 Å². The molecule has 0 spiro atoms. The maximum atomic E-state index is 12.0. The van der Waals surface area contributed by atoms with Gasteiger partial charge in [0.1, 0.15) is 0 Å². The first-order valence-electron chi connectivity index (χ1n) is 6.36. The van der Waals surface area contributed by atoms with Crippen LogP contribution in [0.15, 0.2) is 0 Å². The number of piperidine rings is 1. The third-order valence-electron chi connectivity index (χ3n) is 3.85. The van der Waals surface area contributed by atoms with Gasteiger partial charge in [-0.05, 0) is 31.7 Å². The van der Waals surface area contributed by atoms with Crippen LogP contribution in [0.1, 0.15) is 32.6 Å². The molecule has 16 heavy (non-hydrogen) atoms. The summed E-state index contributed by atoms with van der Waals surface area (Å²) in [5.74, 6) is 0.527. The minimum atomic E-state index is -0.339. The third-order valence-corrected chi connectivity index (χ3v) is 3.85. The van der Waals surface area contributed by atoms with Gasteiger partial charge in [-0.2, -0.15) is 0 Å². The second-order valence-electron chi connectivity index (χ2n) is 5.17. The first-order valence-corrected chi connectivity index (χ1v) is 6.36. The summed E-state index contributed by atoms with van der Waals surface area (Å²) in [5.41, 5.74) is 0. The zero-order chi connectivity index (χ0) is 11.5. The van der Waals surface area contributed by atoms with Crippen molar-refractivity contribution in [1.29, 1.82) is 0 Å². The van der Waals surface area contributed by atoms with Crippen molar-refractivity contribution in [3.8, 4) is 0 Å². The zero-order valence-electron chi connectivity index (χ0n) is 9.98. The van der Waals surface area contributed by atoms with Crippen LogP contribution in [-0.2, 0) is 4.79 Å². The first kappa shape index (κ1) is 11.9. The Morgan fingerprint density at radius 3 is 2.94 bits per heavy atom. The van der Waals surface area contributed by atoms with E-state index in [-0.39, 0.29) is 12.0 Å². The van der Waals surface area contributed by atoms with Crippen LogP contribution in [0.5, 0.6) is 0 Å². The molecule has 4 nitrogen and oxygen atoms in total. The maximum absolute atomic E-state index is 12.0. The van der Waals surface area contributed by atoms with Crippen molar-refractivity contribution in [3.63, 3.8) is 0 Å². The predicted molar refractivity (Wildman–Crippen MR) is 62.0 cm³/mol. The van der Waals surface area contributed by atoms with E-state index in [2.05, 4.69) is 5.32 Å². The minimum Gasteiger partial charge on any atom is -0.391 e. The summed E-state index contributed by atoms with van der Waals surface area (Å²) < 4.78 is 0. The van der Waals surface area contributed by atoms with Crippen LogP contribution in [0.4, 0.5) is 0 Å². The van der Waals surface area contributed by atoms with Crippen LogP contribution >= 0.6 is 0 Å². The van der Waals surface area contributed by atoms with E-state index in [1.54, 1.807) is 0 Å². The number of carbonyl (C=O) groups excluding carboxylic acids is 1. The molecular formula is C12H22N2O2. The molecular weight excluding hydrogens is 204 g/mol. The van der Waals surface area contributed by atoms with Gasteiger partial charge in [0.2, 0.25) is 5.91 Å². The van der Waals surface area contributed by atoms with Gasteiger partial charge in [-0.25, -0.2) is 0 Å². The maximum Gasteiger partial charge on any atom is 0.224 e. The second-order valence-corrected chi connectivity index (χ2v) is 5.17. The molecule has 92 valence electrons. The molecule has 0 aliphatic carbocycles. The fourth-order valence-electron chi connectivity index (χ4n) is 2.55. The van der Waals surface area contributed by atoms with Gasteiger partial charge in [0.05, 0.1) is 6.10 Å². The van der Waals surface area contributed by atoms with Crippen molar-refractivity contribution in [2.75, 3.05) is 19.6 Å². The number of rotatable bonds is 2. The summed E-state index contributed by atoms with van der Waals surface area (Å²) >= 11 is 0. The van der Waals surface area contributed by atoms with Crippen molar-refractivity contribution in [3.05, 3.63) is 0 Å². The molecule has 0 saturated carbocycles. The van der Waals surface area contributed by atoms with E-state index in [1.165, 1.54) is 6.42 Å². The van der Waals surface area contributed by atoms with Crippen LogP contribution in [0, 0.1) is 5.92 Å². The van der Waals surface area contributed by atoms with Crippen molar-refractivity contribution < 1.29 is 9.90 Å². The average molecular weight is 226 g/mol. The van der Waals surface area contributed by atoms with Crippen molar-refractivity contribution in [1.82, 2.24) is 10.2 Å². The number of nitrogens with zero attached hydrogens (tertiary/aromatic N) is 1. The van der Waals surface area contributed by atoms with Gasteiger partial charge in [-0.1, -0.05) is 6.92 Å². The van der Waals surface area contributed by atoms with Gasteiger partial charge in [0.25, 0.3) is 0 Å². The van der Waals surface area contributed by atoms with E-state index in [0.717, 1.165) is 25.9 Å². The molecule has 0 aromatic heterocycles. The second kappa shape index (κ2) is 5.15. The number of aliphatic hydroxyl groups excluding tert-OH is 1. The fraction of sp³-hybridized carbons (Fsp3) is 0.917. The highest BCUT2D eigenvalue weighted by Gasteiger charge is 2.28. The summed E-state index contributed by atoms with van der Waals surface area (Å²) in [7, 11) is 0. The number of hydrogen-bond donors (Lipinski definition) is 2. The predicted octanol–water partition coefficient (Wildman–Crippen LogP) is 0.358. The molecule has 3 atom stereocenters. The normalized spacial score (nSPS) is 35.4. The largest absolute Gasteiger partial charge is 0.391 e. The van der Waals surface area contributed by atoms with Gasteiger partial charge in [0, 0.05) is 25.6 Å². The van der Waals surface area contributed by atoms with Crippen molar-refractivity contribution >= 4 is 5.91 Å². The smallest absolute Gasteiger partial charge is 0.224 e. The van der Waals surface area contributed by atoms with Crippen LogP contribution in [0.3, 0.4) is 0 Å². The average Bonchev–Trinajstić information content (AvgIpc) is 2.74. The molecule has 2 heterocycles. The number of amides is 1. The fourth-order valence-corrected chi connectivity index (χ4v) is 2.55. The lowest BCUT2D eigenvalue weighted by molar-refractivity contribution is -0.135. The molecule has 1 amide bonds. The molecule has 0 radical (unpaired) electrons. The lowest BCUT2D eigenvalue weighted by Crippen LogP contribution is -2.47. The van der Waals surface area contributed by atoms with Gasteiger partial charge >= 0.3 is 0 Å². The number of hydrogen-bond acceptors (Lipinski definition) is 3. The Bertz CT molecular complexity index is 251. The van der Waals surface area contributed by atoms with E-state index in [0.29, 0.717) is 24.9 Å². The lowest BCUT2D eigenvalue weighted by Gasteiger charge is -2.34. The van der Waals surface area contributed by atoms with Crippen molar-refractivity contribution in [2.24, 2.45) is 5.92 Å². The summed E-state index contributed by atoms with van der Waals surface area (Å²) in [5, 5.41) is 13.1. The van der Waals surface area contributed by atoms with Crippen LogP contribution in [0.25, 0.3) is 0 Å². The van der Waals surface area contributed by atoms with E-state index in [1.807, 2.05) is 11.8 Å². The molecule has 0 aromatic carbocycles. The Hall–Kier alpha value is -0.610. The molecule has 3 unspecified atom stereocenters. The van der Waals surface area contributed by atoms with E-state index in [4.69, 9.17) is 0 Å². The van der Waals surface area contributed by atoms with Gasteiger partial charge < -0.3 is 15.3 Å². The number of nitrogens with one attached hydrogen (secondary N) is 1. The Labute approximate surface area is 97.0 Å². The molecule has 2 saturated heterocycles. The highest BCUT2D eigenvalue weighted by atomic mass is 16.3. The lowest BCUT2D eigenvalue weighted by atomic mass is 9.95. The van der Waals surface area contributed by atoms with Gasteiger partial charge in [0.15, 0.2) is 0 Å². The molecule has 2 rings (SSSR count). The summed E-state index contributed by atoms with van der Waals surface area (Å²) in [6, 6.07) is 0.365. The Balaban J connectivity index is 1.80. The van der Waals surface area contributed by atoms with Crippen LogP contribution in [-0.4, -0.2) is 47.7 Å². The van der Waals surface area contributed by atoms with Crippen LogP contribution < -0.4 is 5.32 Å². The van der Waals surface area contributed by atoms with Crippen molar-refractivity contribution in [2.45, 2.75) is 44.8 Å². The zero-order valence-corrected chi connectivity index (χ0v) is 9.98. The SMILES string of the molecule is CC1CCN(C(=O)CC2CCCN2)CC1O. The van der Waals surface area contributed by atoms with Gasteiger partial charge in [-0.15, -0.1) is 0 Å². The van der Waals surface area contributed by atoms with E-state index in [9.17, 15) is 9.90 Å². The summed E-state index contributed by atoms with van der Waals surface area (Å²) in [6.45, 7) is 4.42. The quantitative estimate of drug-likeness (QED) is 0.715. The molecule has 0 bridgehead atoms. The molecule has 2 aliphatic heterocycles. The van der Waals surface area contributed by atoms with Gasteiger partial charge in [-0.3, -0.25) is 4.79 Å². The standard InChI is InChI=1S/C12H22N2O2/c1-9-4-6-14(8-11(9)15)12(16)7-10-3-2-5-13-10/h9-11,13,15H,2-8H2,1H3. The summed E-state index contributed by atoms with van der Waals surface area (Å²) in [6.07, 6.45) is 3.47. The number of aliphatic hydroxyl groups is 1. The highest BCUT2D eigenvalue weighted by molar-refractivity contribution is 5.77. The monoisotopic (exact) mass is 226 g/mol. The molecule has 2 aliphatic rings. The minimum absolute atomic E-state index is 0.199.